The average Bonchev–Trinajstić information content (AvgIpc) is 2.29. The van der Waals surface area contributed by atoms with Crippen molar-refractivity contribution in [3.8, 4) is 0 Å². The van der Waals surface area contributed by atoms with E-state index < -0.39 is 21.1 Å². The smallest absolute Gasteiger partial charge is 0.339 e. The maximum absolute atomic E-state index is 10.7. The molecule has 1 aromatic heterocycles. The minimum absolute atomic E-state index is 0.0107. The standard InChI is InChI=1S/C6H7NO5S/c1-3-4(6(8)9)2-5(12-3)13(7,10)11/h2H,1H3,(H,8,9)(H2,7,10,11). The van der Waals surface area contributed by atoms with Crippen molar-refractivity contribution in [1.82, 2.24) is 0 Å². The summed E-state index contributed by atoms with van der Waals surface area (Å²) in [5.41, 5.74) is -0.205. The van der Waals surface area contributed by atoms with Crippen molar-refractivity contribution in [3.63, 3.8) is 0 Å². The highest BCUT2D eigenvalue weighted by atomic mass is 32.2. The Morgan fingerprint density at radius 2 is 2.15 bits per heavy atom. The van der Waals surface area contributed by atoms with Crippen molar-refractivity contribution in [1.29, 1.82) is 0 Å². The molecule has 6 nitrogen and oxygen atoms in total. The summed E-state index contributed by atoms with van der Waals surface area (Å²) in [7, 11) is -3.97. The van der Waals surface area contributed by atoms with Crippen LogP contribution in [-0.4, -0.2) is 19.5 Å². The van der Waals surface area contributed by atoms with Gasteiger partial charge in [0, 0.05) is 6.07 Å². The maximum atomic E-state index is 10.7. The van der Waals surface area contributed by atoms with Gasteiger partial charge in [-0.05, 0) is 6.92 Å². The first-order valence-corrected chi connectivity index (χ1v) is 4.73. The normalized spacial score (nSPS) is 11.5. The van der Waals surface area contributed by atoms with Crippen LogP contribution < -0.4 is 5.14 Å². The summed E-state index contributed by atoms with van der Waals surface area (Å²) >= 11 is 0. The molecule has 0 saturated carbocycles. The first-order valence-electron chi connectivity index (χ1n) is 3.19. The number of hydrogen-bond donors (Lipinski definition) is 2. The number of aromatic carboxylic acids is 1. The van der Waals surface area contributed by atoms with Gasteiger partial charge in [0.15, 0.2) is 0 Å². The summed E-state index contributed by atoms with van der Waals surface area (Å²) < 4.78 is 26.1. The Hall–Kier alpha value is -1.34. The van der Waals surface area contributed by atoms with E-state index in [1.165, 1.54) is 6.92 Å². The molecule has 0 fully saturated rings. The van der Waals surface area contributed by atoms with Crippen molar-refractivity contribution >= 4 is 16.0 Å². The Kier molecular flexibility index (Phi) is 2.14. The Morgan fingerprint density at radius 1 is 1.62 bits per heavy atom. The molecule has 0 aliphatic carbocycles. The van der Waals surface area contributed by atoms with Gasteiger partial charge in [-0.3, -0.25) is 0 Å². The first-order chi connectivity index (χ1) is 5.82. The van der Waals surface area contributed by atoms with Crippen LogP contribution in [0.4, 0.5) is 0 Å². The number of carbonyl (C=O) groups is 1. The molecule has 13 heavy (non-hydrogen) atoms. The Balaban J connectivity index is 3.33. The van der Waals surface area contributed by atoms with E-state index in [2.05, 4.69) is 4.42 Å². The minimum Gasteiger partial charge on any atom is -0.478 e. The predicted molar refractivity (Wildman–Crippen MR) is 41.8 cm³/mol. The van der Waals surface area contributed by atoms with Crippen LogP contribution >= 0.6 is 0 Å². The number of hydrogen-bond acceptors (Lipinski definition) is 4. The van der Waals surface area contributed by atoms with Gasteiger partial charge < -0.3 is 9.52 Å². The highest BCUT2D eigenvalue weighted by Gasteiger charge is 2.19. The lowest BCUT2D eigenvalue weighted by Gasteiger charge is -1.87. The monoisotopic (exact) mass is 205 g/mol. The second kappa shape index (κ2) is 2.86. The fourth-order valence-corrected chi connectivity index (χ4v) is 1.33. The Labute approximate surface area is 74.0 Å². The minimum atomic E-state index is -3.97. The van der Waals surface area contributed by atoms with E-state index in [-0.39, 0.29) is 11.3 Å². The van der Waals surface area contributed by atoms with Crippen molar-refractivity contribution in [3.05, 3.63) is 17.4 Å². The third-order valence-corrected chi connectivity index (χ3v) is 2.17. The predicted octanol–water partition coefficient (Wildman–Crippen LogP) is -0.0664. The summed E-state index contributed by atoms with van der Waals surface area (Å²) in [5, 5.41) is 12.7. The molecule has 0 spiro atoms. The largest absolute Gasteiger partial charge is 0.478 e. The fourth-order valence-electron chi connectivity index (χ4n) is 0.807. The van der Waals surface area contributed by atoms with Crippen LogP contribution in [0.3, 0.4) is 0 Å². The van der Waals surface area contributed by atoms with Crippen LogP contribution in [0.25, 0.3) is 0 Å². The molecule has 3 N–H and O–H groups in total. The molecule has 0 radical (unpaired) electrons. The number of carboxylic acids is 1. The van der Waals surface area contributed by atoms with E-state index in [0.717, 1.165) is 6.07 Å². The second-order valence-electron chi connectivity index (χ2n) is 2.39. The van der Waals surface area contributed by atoms with Gasteiger partial charge in [0.2, 0.25) is 5.09 Å². The van der Waals surface area contributed by atoms with Gasteiger partial charge >= 0.3 is 5.97 Å². The number of primary sulfonamides is 1. The lowest BCUT2D eigenvalue weighted by molar-refractivity contribution is 0.0695. The Morgan fingerprint density at radius 3 is 2.38 bits per heavy atom. The third kappa shape index (κ3) is 1.87. The molecule has 0 amide bonds. The second-order valence-corrected chi connectivity index (χ2v) is 3.88. The topological polar surface area (TPSA) is 111 Å². The molecular formula is C6H7NO5S. The Bertz CT molecular complexity index is 444. The lowest BCUT2D eigenvalue weighted by Crippen LogP contribution is -2.10. The van der Waals surface area contributed by atoms with Gasteiger partial charge in [-0.1, -0.05) is 0 Å². The molecular weight excluding hydrogens is 198 g/mol. The number of furan rings is 1. The van der Waals surface area contributed by atoms with E-state index in [1.54, 1.807) is 0 Å². The number of sulfonamides is 1. The van der Waals surface area contributed by atoms with Crippen LogP contribution in [0.1, 0.15) is 16.1 Å². The van der Waals surface area contributed by atoms with Crippen LogP contribution in [0.15, 0.2) is 15.6 Å². The number of nitrogens with two attached hydrogens (primary N) is 1. The summed E-state index contributed by atoms with van der Waals surface area (Å²) in [4.78, 5) is 10.5. The van der Waals surface area contributed by atoms with Crippen LogP contribution in [-0.2, 0) is 10.0 Å². The molecule has 0 aromatic carbocycles. The van der Waals surface area contributed by atoms with E-state index in [1.807, 2.05) is 0 Å². The van der Waals surface area contributed by atoms with Gasteiger partial charge in [-0.25, -0.2) is 18.4 Å². The van der Waals surface area contributed by atoms with E-state index in [4.69, 9.17) is 10.2 Å². The fraction of sp³-hybridized carbons (Fsp3) is 0.167. The van der Waals surface area contributed by atoms with Crippen molar-refractivity contribution < 1.29 is 22.7 Å². The zero-order chi connectivity index (χ0) is 10.2. The first kappa shape index (κ1) is 9.75. The average molecular weight is 205 g/mol. The molecule has 0 aliphatic heterocycles. The number of aryl methyl sites for hydroxylation is 1. The van der Waals surface area contributed by atoms with Gasteiger partial charge in [-0.15, -0.1) is 0 Å². The molecule has 0 atom stereocenters. The summed E-state index contributed by atoms with van der Waals surface area (Å²) in [6.07, 6.45) is 0. The highest BCUT2D eigenvalue weighted by Crippen LogP contribution is 2.17. The molecule has 1 aromatic rings. The van der Waals surface area contributed by atoms with E-state index >= 15 is 0 Å². The van der Waals surface area contributed by atoms with Crippen LogP contribution in [0.5, 0.6) is 0 Å². The van der Waals surface area contributed by atoms with E-state index in [0.29, 0.717) is 0 Å². The zero-order valence-corrected chi connectivity index (χ0v) is 7.46. The molecule has 1 heterocycles. The molecule has 0 saturated heterocycles. The summed E-state index contributed by atoms with van der Waals surface area (Å²) in [5.74, 6) is -1.24. The number of rotatable bonds is 2. The third-order valence-electron chi connectivity index (χ3n) is 1.41. The molecule has 1 rings (SSSR count). The SMILES string of the molecule is Cc1oc(S(N)(=O)=O)cc1C(=O)O. The van der Waals surface area contributed by atoms with Crippen molar-refractivity contribution in [2.75, 3.05) is 0 Å². The van der Waals surface area contributed by atoms with Crippen molar-refractivity contribution in [2.45, 2.75) is 12.0 Å². The van der Waals surface area contributed by atoms with Crippen LogP contribution in [0, 0.1) is 6.92 Å². The maximum Gasteiger partial charge on any atom is 0.339 e. The molecule has 0 unspecified atom stereocenters. The lowest BCUT2D eigenvalue weighted by atomic mass is 10.3. The summed E-state index contributed by atoms with van der Waals surface area (Å²) in [6, 6.07) is 0.882. The quantitative estimate of drug-likeness (QED) is 0.702. The van der Waals surface area contributed by atoms with Gasteiger partial charge in [0.1, 0.15) is 11.3 Å². The van der Waals surface area contributed by atoms with Crippen molar-refractivity contribution in [2.24, 2.45) is 5.14 Å². The molecule has 0 bridgehead atoms. The van der Waals surface area contributed by atoms with E-state index in [9.17, 15) is 13.2 Å². The number of carboxylic acid groups (broad SMARTS) is 1. The van der Waals surface area contributed by atoms with Gasteiger partial charge in [0.25, 0.3) is 10.0 Å². The molecule has 72 valence electrons. The van der Waals surface area contributed by atoms with Crippen LogP contribution in [0.2, 0.25) is 0 Å². The molecule has 7 heteroatoms. The van der Waals surface area contributed by atoms with Gasteiger partial charge in [-0.2, -0.15) is 0 Å². The highest BCUT2D eigenvalue weighted by molar-refractivity contribution is 7.89. The molecule has 0 aliphatic rings. The van der Waals surface area contributed by atoms with Gasteiger partial charge in [0.05, 0.1) is 0 Å². The summed E-state index contributed by atoms with van der Waals surface area (Å²) in [6.45, 7) is 1.35. The zero-order valence-electron chi connectivity index (χ0n) is 6.64.